The van der Waals surface area contributed by atoms with Gasteiger partial charge in [0.1, 0.15) is 16.9 Å². The Balaban J connectivity index is 1.73. The Morgan fingerprint density at radius 1 is 1.45 bits per heavy atom. The summed E-state index contributed by atoms with van der Waals surface area (Å²) in [5, 5.41) is 17.7. The van der Waals surface area contributed by atoms with Gasteiger partial charge in [0.2, 0.25) is 0 Å². The molecule has 9 heteroatoms. The number of aromatic amines is 1. The van der Waals surface area contributed by atoms with Crippen molar-refractivity contribution >= 4 is 39.6 Å². The lowest BCUT2D eigenvalue weighted by molar-refractivity contribution is 0.0940. The summed E-state index contributed by atoms with van der Waals surface area (Å²) in [7, 11) is 1.84. The summed E-state index contributed by atoms with van der Waals surface area (Å²) >= 11 is 6.10. The van der Waals surface area contributed by atoms with E-state index in [1.807, 2.05) is 26.1 Å². The number of nitrogens with zero attached hydrogens (tertiary/aromatic N) is 5. The minimum atomic E-state index is -0.259. The van der Waals surface area contributed by atoms with Gasteiger partial charge in [0.05, 0.1) is 23.3 Å². The molecule has 0 fully saturated rings. The lowest BCUT2D eigenvalue weighted by Gasteiger charge is -2.11. The first kappa shape index (κ1) is 18.9. The molecule has 0 spiro atoms. The fraction of sp³-hybridized carbons (Fsp3) is 0.250. The van der Waals surface area contributed by atoms with Crippen molar-refractivity contribution in [1.29, 1.82) is 5.26 Å². The van der Waals surface area contributed by atoms with Gasteiger partial charge >= 0.3 is 0 Å². The molecule has 0 radical (unpaired) electrons. The average Bonchev–Trinajstić information content (AvgIpc) is 3.27. The number of amides is 1. The Bertz CT molecular complexity index is 1270. The highest BCUT2D eigenvalue weighted by Gasteiger charge is 2.19. The fourth-order valence-electron chi connectivity index (χ4n) is 3.25. The second kappa shape index (κ2) is 7.53. The van der Waals surface area contributed by atoms with E-state index in [1.54, 1.807) is 23.1 Å². The second-order valence-electron chi connectivity index (χ2n) is 6.86. The third-order valence-electron chi connectivity index (χ3n) is 4.75. The van der Waals surface area contributed by atoms with E-state index in [0.29, 0.717) is 46.0 Å². The van der Waals surface area contributed by atoms with E-state index >= 15 is 0 Å². The molecule has 3 heterocycles. The molecule has 0 saturated heterocycles. The summed E-state index contributed by atoms with van der Waals surface area (Å²) in [6.07, 6.45) is 4.20. The molecule has 0 unspecified atom stereocenters. The molecular formula is C20H18ClN7O. The number of aryl methyl sites for hydroxylation is 1. The zero-order valence-electron chi connectivity index (χ0n) is 15.9. The third-order valence-corrected chi connectivity index (χ3v) is 4.98. The molecule has 0 aliphatic carbocycles. The summed E-state index contributed by atoms with van der Waals surface area (Å²) in [6, 6.07) is 7.51. The first-order valence-corrected chi connectivity index (χ1v) is 9.50. The van der Waals surface area contributed by atoms with Crippen LogP contribution in [-0.2, 0) is 7.05 Å². The highest BCUT2D eigenvalue weighted by Crippen LogP contribution is 2.29. The highest BCUT2D eigenvalue weighted by molar-refractivity contribution is 6.31. The lowest BCUT2D eigenvalue weighted by atomic mass is 10.1. The molecule has 0 bridgehead atoms. The van der Waals surface area contributed by atoms with Gasteiger partial charge in [-0.15, -0.1) is 0 Å². The SMILES string of the molecule is C[C@H](CCC#N)NC(=O)c1c[nH]c2ncc(-c3nn(C)c4cc(Cl)ccc34)nc12. The topological polar surface area (TPSA) is 112 Å². The average molecular weight is 408 g/mol. The lowest BCUT2D eigenvalue weighted by Crippen LogP contribution is -2.32. The number of rotatable bonds is 5. The van der Waals surface area contributed by atoms with E-state index in [4.69, 9.17) is 16.9 Å². The van der Waals surface area contributed by atoms with Gasteiger partial charge in [-0.05, 0) is 31.5 Å². The molecule has 8 nitrogen and oxygen atoms in total. The number of fused-ring (bicyclic) bond motifs is 2. The number of halogens is 1. The number of benzene rings is 1. The monoisotopic (exact) mass is 407 g/mol. The van der Waals surface area contributed by atoms with Crippen LogP contribution in [0.1, 0.15) is 30.1 Å². The van der Waals surface area contributed by atoms with Crippen molar-refractivity contribution in [1.82, 2.24) is 30.0 Å². The third kappa shape index (κ3) is 3.52. The van der Waals surface area contributed by atoms with Crippen LogP contribution in [0.4, 0.5) is 0 Å². The van der Waals surface area contributed by atoms with E-state index in [0.717, 1.165) is 10.9 Å². The maximum atomic E-state index is 12.7. The van der Waals surface area contributed by atoms with Crippen LogP contribution in [0.25, 0.3) is 33.5 Å². The smallest absolute Gasteiger partial charge is 0.255 e. The van der Waals surface area contributed by atoms with E-state index in [9.17, 15) is 4.79 Å². The van der Waals surface area contributed by atoms with E-state index < -0.39 is 0 Å². The van der Waals surface area contributed by atoms with Crippen molar-refractivity contribution in [3.63, 3.8) is 0 Å². The Morgan fingerprint density at radius 2 is 2.28 bits per heavy atom. The zero-order chi connectivity index (χ0) is 20.5. The van der Waals surface area contributed by atoms with Crippen molar-refractivity contribution in [3.8, 4) is 17.5 Å². The zero-order valence-corrected chi connectivity index (χ0v) is 16.7. The predicted octanol–water partition coefficient (Wildman–Crippen LogP) is 3.59. The molecule has 2 N–H and O–H groups in total. The quantitative estimate of drug-likeness (QED) is 0.525. The van der Waals surface area contributed by atoms with Gasteiger partial charge in [0.25, 0.3) is 5.91 Å². The number of H-pyrrole nitrogens is 1. The molecule has 4 rings (SSSR count). The number of carbonyl (C=O) groups is 1. The molecule has 0 saturated carbocycles. The van der Waals surface area contributed by atoms with Crippen LogP contribution in [0.3, 0.4) is 0 Å². The molecule has 0 aliphatic rings. The first-order chi connectivity index (χ1) is 14.0. The van der Waals surface area contributed by atoms with Crippen LogP contribution in [0.15, 0.2) is 30.6 Å². The number of hydrogen-bond donors (Lipinski definition) is 2. The molecule has 4 aromatic rings. The number of nitrogens with one attached hydrogen (secondary N) is 2. The van der Waals surface area contributed by atoms with Crippen LogP contribution in [0.2, 0.25) is 5.02 Å². The Kier molecular flexibility index (Phi) is 4.91. The Morgan fingerprint density at radius 3 is 3.07 bits per heavy atom. The van der Waals surface area contributed by atoms with Crippen molar-refractivity contribution < 1.29 is 4.79 Å². The van der Waals surface area contributed by atoms with Gasteiger partial charge in [-0.2, -0.15) is 10.4 Å². The van der Waals surface area contributed by atoms with Crippen LogP contribution >= 0.6 is 11.6 Å². The first-order valence-electron chi connectivity index (χ1n) is 9.12. The Labute approximate surface area is 171 Å². The second-order valence-corrected chi connectivity index (χ2v) is 7.30. The molecule has 0 aliphatic heterocycles. The van der Waals surface area contributed by atoms with Crippen LogP contribution in [0.5, 0.6) is 0 Å². The van der Waals surface area contributed by atoms with Crippen LogP contribution in [0, 0.1) is 11.3 Å². The summed E-state index contributed by atoms with van der Waals surface area (Å²) in [6.45, 7) is 1.87. The molecule has 3 aromatic heterocycles. The van der Waals surface area contributed by atoms with Crippen molar-refractivity contribution in [3.05, 3.63) is 41.2 Å². The van der Waals surface area contributed by atoms with E-state index in [2.05, 4.69) is 31.4 Å². The number of aromatic nitrogens is 5. The minimum Gasteiger partial charge on any atom is -0.349 e. The molecule has 1 atom stereocenters. The van der Waals surface area contributed by atoms with Crippen LogP contribution in [-0.4, -0.2) is 36.7 Å². The fourth-order valence-corrected chi connectivity index (χ4v) is 3.42. The van der Waals surface area contributed by atoms with Crippen molar-refractivity contribution in [2.45, 2.75) is 25.8 Å². The van der Waals surface area contributed by atoms with Gasteiger partial charge < -0.3 is 10.3 Å². The number of carbonyl (C=O) groups excluding carboxylic acids is 1. The molecular weight excluding hydrogens is 390 g/mol. The molecule has 1 amide bonds. The van der Waals surface area contributed by atoms with Gasteiger partial charge in [-0.1, -0.05) is 11.6 Å². The minimum absolute atomic E-state index is 0.118. The van der Waals surface area contributed by atoms with Gasteiger partial charge in [0.15, 0.2) is 5.65 Å². The standard InChI is InChI=1S/C20H18ClN7O/c1-11(4-3-7-22)25-20(29)14-9-23-19-18(14)26-15(10-24-19)17-13-6-5-12(21)8-16(13)28(2)27-17/h5-6,8-11H,3-4H2,1-2H3,(H,23,24)(H,25,29)/t11-/m1/s1. The number of hydrogen-bond acceptors (Lipinski definition) is 5. The van der Waals surface area contributed by atoms with Gasteiger partial charge in [-0.3, -0.25) is 9.48 Å². The Hall–Kier alpha value is -3.44. The molecule has 146 valence electrons. The summed E-state index contributed by atoms with van der Waals surface area (Å²) in [5.41, 5.74) is 3.52. The largest absolute Gasteiger partial charge is 0.349 e. The summed E-state index contributed by atoms with van der Waals surface area (Å²) < 4.78 is 1.74. The van der Waals surface area contributed by atoms with Crippen molar-refractivity contribution in [2.24, 2.45) is 7.05 Å². The van der Waals surface area contributed by atoms with E-state index in [1.165, 1.54) is 0 Å². The summed E-state index contributed by atoms with van der Waals surface area (Å²) in [4.78, 5) is 24.7. The maximum absolute atomic E-state index is 12.7. The highest BCUT2D eigenvalue weighted by atomic mass is 35.5. The number of nitriles is 1. The molecule has 29 heavy (non-hydrogen) atoms. The summed E-state index contributed by atoms with van der Waals surface area (Å²) in [5.74, 6) is -0.259. The van der Waals surface area contributed by atoms with Gasteiger partial charge in [0, 0.05) is 36.1 Å². The normalized spacial score (nSPS) is 12.2. The van der Waals surface area contributed by atoms with E-state index in [-0.39, 0.29) is 11.9 Å². The van der Waals surface area contributed by atoms with Gasteiger partial charge in [-0.25, -0.2) is 9.97 Å². The molecule has 1 aromatic carbocycles. The van der Waals surface area contributed by atoms with Crippen molar-refractivity contribution in [2.75, 3.05) is 0 Å². The maximum Gasteiger partial charge on any atom is 0.255 e. The predicted molar refractivity (Wildman–Crippen MR) is 110 cm³/mol. The van der Waals surface area contributed by atoms with Crippen LogP contribution < -0.4 is 5.32 Å².